The third-order valence-corrected chi connectivity index (χ3v) is 4.20. The molecule has 0 aromatic heterocycles. The van der Waals surface area contributed by atoms with E-state index in [-0.39, 0.29) is 5.91 Å². The van der Waals surface area contributed by atoms with Crippen LogP contribution in [0.25, 0.3) is 0 Å². The van der Waals surface area contributed by atoms with Crippen molar-refractivity contribution in [3.63, 3.8) is 0 Å². The van der Waals surface area contributed by atoms with Crippen molar-refractivity contribution in [2.45, 2.75) is 64.5 Å². The fourth-order valence-electron chi connectivity index (χ4n) is 3.01. The van der Waals surface area contributed by atoms with Crippen molar-refractivity contribution in [1.82, 2.24) is 5.32 Å². The first-order valence-electron chi connectivity index (χ1n) is 7.61. The van der Waals surface area contributed by atoms with Crippen molar-refractivity contribution >= 4 is 5.91 Å². The summed E-state index contributed by atoms with van der Waals surface area (Å²) in [7, 11) is 1.67. The molecular formula is C15H30N2O2. The second kappa shape index (κ2) is 8.54. The van der Waals surface area contributed by atoms with E-state index < -0.39 is 6.04 Å². The van der Waals surface area contributed by atoms with Crippen LogP contribution in [-0.2, 0) is 9.53 Å². The molecule has 4 nitrogen and oxygen atoms in total. The first-order chi connectivity index (χ1) is 9.06. The highest BCUT2D eigenvalue weighted by atomic mass is 16.5. The molecule has 1 saturated carbocycles. The number of hydrogen-bond acceptors (Lipinski definition) is 3. The molecule has 1 aliphatic carbocycles. The highest BCUT2D eigenvalue weighted by Gasteiger charge is 2.29. The van der Waals surface area contributed by atoms with Gasteiger partial charge in [-0.2, -0.15) is 0 Å². The zero-order valence-electron chi connectivity index (χ0n) is 12.7. The maximum atomic E-state index is 12.1. The van der Waals surface area contributed by atoms with Crippen LogP contribution in [-0.4, -0.2) is 31.7 Å². The van der Waals surface area contributed by atoms with Gasteiger partial charge in [0.1, 0.15) is 0 Å². The topological polar surface area (TPSA) is 64.3 Å². The van der Waals surface area contributed by atoms with Crippen molar-refractivity contribution in [3.05, 3.63) is 0 Å². The molecule has 0 heterocycles. The van der Waals surface area contributed by atoms with Crippen LogP contribution in [0.2, 0.25) is 0 Å². The fourth-order valence-corrected chi connectivity index (χ4v) is 3.01. The minimum atomic E-state index is -0.398. The number of nitrogens with two attached hydrogens (primary N) is 1. The summed E-state index contributed by atoms with van der Waals surface area (Å²) in [5.41, 5.74) is 5.93. The van der Waals surface area contributed by atoms with E-state index in [0.717, 1.165) is 12.8 Å². The van der Waals surface area contributed by atoms with Gasteiger partial charge >= 0.3 is 0 Å². The first kappa shape index (κ1) is 16.4. The molecular weight excluding hydrogens is 240 g/mol. The summed E-state index contributed by atoms with van der Waals surface area (Å²) in [6, 6.07) is -0.0837. The van der Waals surface area contributed by atoms with Gasteiger partial charge in [0.05, 0.1) is 6.04 Å². The Labute approximate surface area is 117 Å². The van der Waals surface area contributed by atoms with Crippen LogP contribution in [0.15, 0.2) is 0 Å². The Hall–Kier alpha value is -0.610. The van der Waals surface area contributed by atoms with Crippen LogP contribution < -0.4 is 11.1 Å². The fraction of sp³-hybridized carbons (Fsp3) is 0.933. The van der Waals surface area contributed by atoms with Crippen molar-refractivity contribution in [2.75, 3.05) is 13.7 Å². The van der Waals surface area contributed by atoms with E-state index in [1.807, 2.05) is 0 Å². The third-order valence-electron chi connectivity index (χ3n) is 4.20. The monoisotopic (exact) mass is 270 g/mol. The Bertz CT molecular complexity index is 269. The molecule has 0 spiro atoms. The molecule has 0 saturated heterocycles. The van der Waals surface area contributed by atoms with Gasteiger partial charge in [-0.05, 0) is 37.5 Å². The highest BCUT2D eigenvalue weighted by Crippen LogP contribution is 2.30. The SMILES string of the molecule is COCCCC(N)C(=O)NC1CCCCC1C(C)C. The highest BCUT2D eigenvalue weighted by molar-refractivity contribution is 5.81. The largest absolute Gasteiger partial charge is 0.385 e. The second-order valence-electron chi connectivity index (χ2n) is 6.05. The van der Waals surface area contributed by atoms with Gasteiger partial charge in [-0.3, -0.25) is 4.79 Å². The van der Waals surface area contributed by atoms with Crippen molar-refractivity contribution in [3.8, 4) is 0 Å². The summed E-state index contributed by atoms with van der Waals surface area (Å²) in [6.07, 6.45) is 6.35. The molecule has 3 unspecified atom stereocenters. The third kappa shape index (κ3) is 5.49. The number of carbonyl (C=O) groups is 1. The zero-order chi connectivity index (χ0) is 14.3. The molecule has 1 amide bonds. The molecule has 0 radical (unpaired) electrons. The van der Waals surface area contributed by atoms with Gasteiger partial charge < -0.3 is 15.8 Å². The molecule has 1 fully saturated rings. The van der Waals surface area contributed by atoms with Crippen LogP contribution in [0.5, 0.6) is 0 Å². The molecule has 0 aliphatic heterocycles. The lowest BCUT2D eigenvalue weighted by Gasteiger charge is -2.35. The smallest absolute Gasteiger partial charge is 0.237 e. The predicted octanol–water partition coefficient (Wildman–Crippen LogP) is 2.07. The average Bonchev–Trinajstić information content (AvgIpc) is 2.39. The van der Waals surface area contributed by atoms with Gasteiger partial charge in [-0.1, -0.05) is 26.7 Å². The summed E-state index contributed by atoms with van der Waals surface area (Å²) in [6.45, 7) is 5.15. The molecule has 112 valence electrons. The van der Waals surface area contributed by atoms with E-state index >= 15 is 0 Å². The van der Waals surface area contributed by atoms with E-state index in [4.69, 9.17) is 10.5 Å². The summed E-state index contributed by atoms with van der Waals surface area (Å²) in [5, 5.41) is 3.17. The van der Waals surface area contributed by atoms with Gasteiger partial charge in [0.2, 0.25) is 5.91 Å². The molecule has 3 N–H and O–H groups in total. The number of ether oxygens (including phenoxy) is 1. The van der Waals surface area contributed by atoms with Crippen molar-refractivity contribution in [2.24, 2.45) is 17.6 Å². The van der Waals surface area contributed by atoms with E-state index in [0.29, 0.717) is 30.9 Å². The van der Waals surface area contributed by atoms with Crippen molar-refractivity contribution < 1.29 is 9.53 Å². The molecule has 0 aromatic rings. The van der Waals surface area contributed by atoms with Gasteiger partial charge in [0.15, 0.2) is 0 Å². The van der Waals surface area contributed by atoms with Gasteiger partial charge in [0, 0.05) is 19.8 Å². The Morgan fingerprint density at radius 3 is 2.68 bits per heavy atom. The summed E-state index contributed by atoms with van der Waals surface area (Å²) in [5.74, 6) is 1.23. The van der Waals surface area contributed by atoms with Crippen LogP contribution in [0.3, 0.4) is 0 Å². The van der Waals surface area contributed by atoms with Crippen LogP contribution in [0.4, 0.5) is 0 Å². The molecule has 4 heteroatoms. The number of rotatable bonds is 7. The maximum absolute atomic E-state index is 12.1. The quantitative estimate of drug-likeness (QED) is 0.696. The predicted molar refractivity (Wildman–Crippen MR) is 77.8 cm³/mol. The Kier molecular flexibility index (Phi) is 7.39. The number of carbonyl (C=O) groups excluding carboxylic acids is 1. The number of amides is 1. The van der Waals surface area contributed by atoms with Crippen LogP contribution in [0.1, 0.15) is 52.4 Å². The molecule has 1 rings (SSSR count). The second-order valence-corrected chi connectivity index (χ2v) is 6.05. The normalized spacial score (nSPS) is 25.3. The molecule has 1 aliphatic rings. The van der Waals surface area contributed by atoms with Crippen molar-refractivity contribution in [1.29, 1.82) is 0 Å². The standard InChI is InChI=1S/C15H30N2O2/c1-11(2)12-7-4-5-9-14(12)17-15(18)13(16)8-6-10-19-3/h11-14H,4-10,16H2,1-3H3,(H,17,18). The molecule has 3 atom stereocenters. The molecule has 0 bridgehead atoms. The van der Waals surface area contributed by atoms with Crippen LogP contribution in [0, 0.1) is 11.8 Å². The summed E-state index contributed by atoms with van der Waals surface area (Å²) in [4.78, 5) is 12.1. The Morgan fingerprint density at radius 2 is 2.05 bits per heavy atom. The first-order valence-corrected chi connectivity index (χ1v) is 7.61. The summed E-state index contributed by atoms with van der Waals surface area (Å²) < 4.78 is 4.98. The van der Waals surface area contributed by atoms with E-state index in [2.05, 4.69) is 19.2 Å². The van der Waals surface area contributed by atoms with Crippen LogP contribution >= 0.6 is 0 Å². The lowest BCUT2D eigenvalue weighted by atomic mass is 9.77. The molecule has 0 aromatic carbocycles. The van der Waals surface area contributed by atoms with Gasteiger partial charge in [-0.25, -0.2) is 0 Å². The number of hydrogen-bond donors (Lipinski definition) is 2. The Morgan fingerprint density at radius 1 is 1.37 bits per heavy atom. The van der Waals surface area contributed by atoms with E-state index in [9.17, 15) is 4.79 Å². The Balaban J connectivity index is 2.40. The lowest BCUT2D eigenvalue weighted by molar-refractivity contribution is -0.124. The minimum Gasteiger partial charge on any atom is -0.385 e. The minimum absolute atomic E-state index is 0.00801. The number of nitrogens with one attached hydrogen (secondary N) is 1. The van der Waals surface area contributed by atoms with E-state index in [1.54, 1.807) is 7.11 Å². The maximum Gasteiger partial charge on any atom is 0.237 e. The average molecular weight is 270 g/mol. The zero-order valence-corrected chi connectivity index (χ0v) is 12.7. The van der Waals surface area contributed by atoms with Gasteiger partial charge in [0.25, 0.3) is 0 Å². The lowest BCUT2D eigenvalue weighted by Crippen LogP contribution is -2.50. The molecule has 19 heavy (non-hydrogen) atoms. The van der Waals surface area contributed by atoms with E-state index in [1.165, 1.54) is 19.3 Å². The summed E-state index contributed by atoms with van der Waals surface area (Å²) >= 11 is 0. The van der Waals surface area contributed by atoms with Gasteiger partial charge in [-0.15, -0.1) is 0 Å². The number of methoxy groups -OCH3 is 1.